The van der Waals surface area contributed by atoms with Gasteiger partial charge in [-0.3, -0.25) is 0 Å². The lowest BCUT2D eigenvalue weighted by Crippen LogP contribution is -2.46. The highest BCUT2D eigenvalue weighted by molar-refractivity contribution is 5.89. The number of rotatable bonds is 6. The van der Waals surface area contributed by atoms with E-state index in [1.165, 1.54) is 0 Å². The second-order valence-corrected chi connectivity index (χ2v) is 14.1. The fraction of sp³-hybridized carbons (Fsp3) is 0.571. The lowest BCUT2D eigenvalue weighted by atomic mass is 9.79. The van der Waals surface area contributed by atoms with E-state index in [1.54, 1.807) is 6.20 Å². The normalized spacial score (nSPS) is 23.1. The number of anilines is 1. The minimum Gasteiger partial charge on any atom is -0.393 e. The Morgan fingerprint density at radius 2 is 1.70 bits per heavy atom. The predicted octanol–water partition coefficient (Wildman–Crippen LogP) is 6.27. The number of ether oxygens (including phenoxy) is 2. The number of nitrogens with zero attached hydrogens (tertiary/aromatic N) is 3. The predicted molar refractivity (Wildman–Crippen MR) is 168 cm³/mol. The van der Waals surface area contributed by atoms with Crippen LogP contribution in [-0.4, -0.2) is 69.5 Å². The van der Waals surface area contributed by atoms with Crippen LogP contribution in [0.2, 0.25) is 0 Å². The van der Waals surface area contributed by atoms with Crippen LogP contribution in [0.1, 0.15) is 83.4 Å². The molecule has 0 bridgehead atoms. The van der Waals surface area contributed by atoms with Crippen LogP contribution < -0.4 is 4.90 Å². The number of allylic oxidation sites excluding steroid dienone is 1. The highest BCUT2D eigenvalue weighted by atomic mass is 19.1. The van der Waals surface area contributed by atoms with Crippen molar-refractivity contribution in [3.05, 3.63) is 65.7 Å². The molecule has 3 aliphatic rings. The number of hydrogen-bond donors (Lipinski definition) is 2. The largest absolute Gasteiger partial charge is 0.393 e. The Labute approximate surface area is 254 Å². The van der Waals surface area contributed by atoms with Gasteiger partial charge >= 0.3 is 0 Å². The van der Waals surface area contributed by atoms with Crippen LogP contribution in [-0.2, 0) is 9.47 Å². The molecule has 2 N–H and O–H groups in total. The van der Waals surface area contributed by atoms with E-state index >= 15 is 4.39 Å². The lowest BCUT2D eigenvalue weighted by molar-refractivity contribution is -0.166. The van der Waals surface area contributed by atoms with Crippen molar-refractivity contribution in [3.8, 4) is 0 Å². The smallest absolute Gasteiger partial charge is 0.148 e. The van der Waals surface area contributed by atoms with Crippen LogP contribution >= 0.6 is 0 Å². The number of halogens is 1. The van der Waals surface area contributed by atoms with Gasteiger partial charge in [-0.25, -0.2) is 9.37 Å². The van der Waals surface area contributed by atoms with Gasteiger partial charge in [0.2, 0.25) is 0 Å². The van der Waals surface area contributed by atoms with Gasteiger partial charge in [0.05, 0.1) is 28.9 Å². The van der Waals surface area contributed by atoms with Gasteiger partial charge in [0.25, 0.3) is 0 Å². The van der Waals surface area contributed by atoms with Gasteiger partial charge in [0.15, 0.2) is 0 Å². The molecule has 232 valence electrons. The number of piperidine rings is 1. The second-order valence-electron chi connectivity index (χ2n) is 14.1. The van der Waals surface area contributed by atoms with Gasteiger partial charge in [-0.15, -0.1) is 0 Å². The van der Waals surface area contributed by atoms with Gasteiger partial charge in [0, 0.05) is 55.7 Å². The molecule has 7 nitrogen and oxygen atoms in total. The van der Waals surface area contributed by atoms with E-state index < -0.39 is 5.60 Å². The van der Waals surface area contributed by atoms with Crippen LogP contribution in [0.15, 0.2) is 48.8 Å². The summed E-state index contributed by atoms with van der Waals surface area (Å²) in [6.45, 7) is 11.1. The van der Waals surface area contributed by atoms with E-state index in [0.29, 0.717) is 44.5 Å². The summed E-state index contributed by atoms with van der Waals surface area (Å²) in [6, 6.07) is 10.6. The Bertz CT molecular complexity index is 1450. The third-order valence-corrected chi connectivity index (χ3v) is 9.51. The molecule has 0 atom stereocenters. The van der Waals surface area contributed by atoms with E-state index in [4.69, 9.17) is 14.5 Å². The van der Waals surface area contributed by atoms with E-state index in [2.05, 4.69) is 61.4 Å². The van der Waals surface area contributed by atoms with Crippen LogP contribution in [0.4, 0.5) is 10.2 Å². The molecule has 2 aromatic heterocycles. The van der Waals surface area contributed by atoms with Crippen molar-refractivity contribution >= 4 is 22.3 Å². The van der Waals surface area contributed by atoms with Crippen LogP contribution in [0.25, 0.3) is 16.5 Å². The summed E-state index contributed by atoms with van der Waals surface area (Å²) >= 11 is 0. The third-order valence-electron chi connectivity index (χ3n) is 9.51. The maximum atomic E-state index is 15.5. The quantitative estimate of drug-likeness (QED) is 0.352. The SMILES string of the molecule is CC1(C)CC(C=C(c2ccc(N3CCC(O)(CO)CC3)nc2)c2ccc3c(c2)c(F)cn3C2CCOCC2)CC(C)(C)O1. The number of aromatic nitrogens is 2. The third kappa shape index (κ3) is 6.53. The summed E-state index contributed by atoms with van der Waals surface area (Å²) in [5.41, 5.74) is 2.41. The minimum atomic E-state index is -1.00. The number of benzene rings is 1. The summed E-state index contributed by atoms with van der Waals surface area (Å²) in [5.74, 6) is 0.933. The molecular formula is C35H46FN3O4. The van der Waals surface area contributed by atoms with Gasteiger partial charge < -0.3 is 29.2 Å². The zero-order valence-electron chi connectivity index (χ0n) is 26.0. The van der Waals surface area contributed by atoms with Crippen molar-refractivity contribution < 1.29 is 24.1 Å². The Morgan fingerprint density at radius 1 is 1.02 bits per heavy atom. The number of aliphatic hydroxyl groups excluding tert-OH is 1. The summed E-state index contributed by atoms with van der Waals surface area (Å²) in [5, 5.41) is 20.6. The molecule has 0 amide bonds. The first-order chi connectivity index (χ1) is 20.4. The number of fused-ring (bicyclic) bond motifs is 1. The molecule has 0 spiro atoms. The van der Waals surface area contributed by atoms with Gasteiger partial charge in [-0.1, -0.05) is 12.1 Å². The number of aliphatic hydroxyl groups is 2. The summed E-state index contributed by atoms with van der Waals surface area (Å²) in [4.78, 5) is 7.00. The molecule has 1 aromatic carbocycles. The van der Waals surface area contributed by atoms with Crippen molar-refractivity contribution in [2.75, 3.05) is 37.8 Å². The molecule has 0 saturated carbocycles. The van der Waals surface area contributed by atoms with Gasteiger partial charge in [-0.2, -0.15) is 0 Å². The topological polar surface area (TPSA) is 80.0 Å². The molecule has 3 aromatic rings. The average Bonchev–Trinajstić information content (AvgIpc) is 3.31. The van der Waals surface area contributed by atoms with Gasteiger partial charge in [0.1, 0.15) is 11.6 Å². The maximum Gasteiger partial charge on any atom is 0.148 e. The lowest BCUT2D eigenvalue weighted by Gasteiger charge is -2.45. The van der Waals surface area contributed by atoms with Crippen molar-refractivity contribution in [2.24, 2.45) is 5.92 Å². The van der Waals surface area contributed by atoms with Crippen LogP contribution in [0.5, 0.6) is 0 Å². The van der Waals surface area contributed by atoms with E-state index in [-0.39, 0.29) is 35.6 Å². The zero-order chi connectivity index (χ0) is 30.4. The van der Waals surface area contributed by atoms with Gasteiger partial charge in [-0.05, 0) is 108 Å². The highest BCUT2D eigenvalue weighted by Crippen LogP contribution is 2.41. The van der Waals surface area contributed by atoms with Crippen LogP contribution in [0.3, 0.4) is 0 Å². The van der Waals surface area contributed by atoms with Crippen molar-refractivity contribution in [2.45, 2.75) is 89.1 Å². The van der Waals surface area contributed by atoms with Crippen LogP contribution in [0, 0.1) is 11.7 Å². The molecule has 5 heterocycles. The first kappa shape index (κ1) is 30.3. The summed E-state index contributed by atoms with van der Waals surface area (Å²) in [7, 11) is 0. The molecule has 3 saturated heterocycles. The van der Waals surface area contributed by atoms with Crippen molar-refractivity contribution in [1.29, 1.82) is 0 Å². The minimum absolute atomic E-state index is 0.197. The molecule has 3 fully saturated rings. The fourth-order valence-electron chi connectivity index (χ4n) is 7.57. The van der Waals surface area contributed by atoms with Crippen molar-refractivity contribution in [3.63, 3.8) is 0 Å². The molecule has 6 rings (SSSR count). The Balaban J connectivity index is 1.36. The van der Waals surface area contributed by atoms with E-state index in [9.17, 15) is 10.2 Å². The van der Waals surface area contributed by atoms with E-state index in [1.807, 2.05) is 18.3 Å². The molecule has 0 unspecified atom stereocenters. The molecular weight excluding hydrogens is 545 g/mol. The first-order valence-electron chi connectivity index (χ1n) is 15.8. The average molecular weight is 592 g/mol. The summed E-state index contributed by atoms with van der Waals surface area (Å²) < 4.78 is 29.5. The Hall–Kier alpha value is -2.78. The Kier molecular flexibility index (Phi) is 8.18. The summed E-state index contributed by atoms with van der Waals surface area (Å²) in [6.07, 6.45) is 10.5. The number of pyridine rings is 1. The maximum absolute atomic E-state index is 15.5. The number of hydrogen-bond acceptors (Lipinski definition) is 6. The first-order valence-corrected chi connectivity index (χ1v) is 15.8. The highest BCUT2D eigenvalue weighted by Gasteiger charge is 2.39. The Morgan fingerprint density at radius 3 is 2.33 bits per heavy atom. The second kappa shape index (κ2) is 11.6. The fourth-order valence-corrected chi connectivity index (χ4v) is 7.57. The molecule has 8 heteroatoms. The zero-order valence-corrected chi connectivity index (χ0v) is 26.0. The standard InChI is InChI=1S/C35H46FN3O4/c1-33(2)19-24(20-34(3,4)43-33)17-28(26-6-8-32(37-21-26)38-13-11-35(41,23-40)12-14-38)25-5-7-31-29(18-25)30(36)22-39(31)27-9-15-42-16-10-27/h5-8,17-18,21-22,24,27,40-41H,9-16,19-20,23H2,1-4H3. The van der Waals surface area contributed by atoms with E-state index in [0.717, 1.165) is 53.7 Å². The monoisotopic (exact) mass is 591 g/mol. The van der Waals surface area contributed by atoms with Crippen molar-refractivity contribution in [1.82, 2.24) is 9.55 Å². The molecule has 43 heavy (non-hydrogen) atoms. The molecule has 3 aliphatic heterocycles. The molecule has 0 radical (unpaired) electrons. The molecule has 0 aliphatic carbocycles.